The zero-order valence-electron chi connectivity index (χ0n) is 12.4. The Morgan fingerprint density at radius 3 is 2.87 bits per heavy atom. The maximum absolute atomic E-state index is 11.9. The molecule has 0 bridgehead atoms. The molecule has 2 heterocycles. The lowest BCUT2D eigenvalue weighted by Crippen LogP contribution is -2.30. The molecule has 0 radical (unpaired) electrons. The van der Waals surface area contributed by atoms with Crippen molar-refractivity contribution in [1.82, 2.24) is 5.32 Å². The Morgan fingerprint density at radius 1 is 1.26 bits per heavy atom. The summed E-state index contributed by atoms with van der Waals surface area (Å²) in [6.07, 6.45) is 1.53. The molecule has 3 rings (SSSR count). The number of carbonyl (C=O) groups is 2. The lowest BCUT2D eigenvalue weighted by Gasteiger charge is -2.11. The van der Waals surface area contributed by atoms with Crippen molar-refractivity contribution in [2.75, 3.05) is 13.4 Å². The third-order valence-corrected chi connectivity index (χ3v) is 3.29. The van der Waals surface area contributed by atoms with Gasteiger partial charge in [0, 0.05) is 0 Å². The molecule has 0 saturated heterocycles. The van der Waals surface area contributed by atoms with E-state index in [2.05, 4.69) is 5.32 Å². The van der Waals surface area contributed by atoms with Gasteiger partial charge in [0.1, 0.15) is 5.76 Å². The van der Waals surface area contributed by atoms with Crippen LogP contribution in [0.3, 0.4) is 0 Å². The molecular weight excluding hydrogens is 302 g/mol. The fourth-order valence-corrected chi connectivity index (χ4v) is 2.13. The van der Waals surface area contributed by atoms with Gasteiger partial charge in [0.15, 0.2) is 18.1 Å². The Balaban J connectivity index is 1.51. The van der Waals surface area contributed by atoms with Crippen molar-refractivity contribution in [3.05, 3.63) is 47.9 Å². The van der Waals surface area contributed by atoms with Crippen molar-refractivity contribution in [3.8, 4) is 11.5 Å². The molecule has 7 heteroatoms. The highest BCUT2D eigenvalue weighted by Gasteiger charge is 2.18. The standard InChI is InChI=1S/C16H15NO6/c1-10(12-3-2-6-20-12)17-15(18)8-21-16(19)11-4-5-13-14(7-11)23-9-22-13/h2-7,10H,8-9H2,1H3,(H,17,18)/t10-/m0/s1. The van der Waals surface area contributed by atoms with Crippen LogP contribution in [0.2, 0.25) is 0 Å². The van der Waals surface area contributed by atoms with Crippen LogP contribution in [0, 0.1) is 0 Å². The van der Waals surface area contributed by atoms with E-state index in [0.717, 1.165) is 0 Å². The van der Waals surface area contributed by atoms with Crippen molar-refractivity contribution in [3.63, 3.8) is 0 Å². The van der Waals surface area contributed by atoms with E-state index in [1.807, 2.05) is 0 Å². The zero-order valence-corrected chi connectivity index (χ0v) is 12.4. The fraction of sp³-hybridized carbons (Fsp3) is 0.250. The lowest BCUT2D eigenvalue weighted by molar-refractivity contribution is -0.125. The van der Waals surface area contributed by atoms with E-state index in [-0.39, 0.29) is 19.4 Å². The quantitative estimate of drug-likeness (QED) is 0.849. The van der Waals surface area contributed by atoms with E-state index >= 15 is 0 Å². The van der Waals surface area contributed by atoms with Gasteiger partial charge in [-0.3, -0.25) is 4.79 Å². The molecule has 0 fully saturated rings. The Morgan fingerprint density at radius 2 is 2.09 bits per heavy atom. The molecule has 0 unspecified atom stereocenters. The smallest absolute Gasteiger partial charge is 0.338 e. The van der Waals surface area contributed by atoms with Gasteiger partial charge >= 0.3 is 5.97 Å². The number of benzene rings is 1. The van der Waals surface area contributed by atoms with Crippen LogP contribution in [0.1, 0.15) is 29.1 Å². The van der Waals surface area contributed by atoms with E-state index in [1.165, 1.54) is 12.3 Å². The molecule has 2 aromatic rings. The van der Waals surface area contributed by atoms with Gasteiger partial charge in [0.05, 0.1) is 17.9 Å². The van der Waals surface area contributed by atoms with Crippen LogP contribution in [-0.2, 0) is 9.53 Å². The highest BCUT2D eigenvalue weighted by atomic mass is 16.7. The zero-order chi connectivity index (χ0) is 16.2. The molecule has 120 valence electrons. The summed E-state index contributed by atoms with van der Waals surface area (Å²) in [7, 11) is 0. The van der Waals surface area contributed by atoms with Gasteiger partial charge in [-0.15, -0.1) is 0 Å². The average Bonchev–Trinajstić information content (AvgIpc) is 3.22. The van der Waals surface area contributed by atoms with E-state index in [1.54, 1.807) is 31.2 Å². The summed E-state index contributed by atoms with van der Waals surface area (Å²) in [4.78, 5) is 23.7. The summed E-state index contributed by atoms with van der Waals surface area (Å²) in [5, 5.41) is 2.68. The van der Waals surface area contributed by atoms with Crippen molar-refractivity contribution >= 4 is 11.9 Å². The molecule has 1 atom stereocenters. The van der Waals surface area contributed by atoms with Gasteiger partial charge in [-0.25, -0.2) is 4.79 Å². The highest BCUT2D eigenvalue weighted by Crippen LogP contribution is 2.32. The van der Waals surface area contributed by atoms with Crippen LogP contribution in [0.5, 0.6) is 11.5 Å². The van der Waals surface area contributed by atoms with Crippen LogP contribution in [0.4, 0.5) is 0 Å². The number of esters is 1. The molecule has 0 spiro atoms. The monoisotopic (exact) mass is 317 g/mol. The van der Waals surface area contributed by atoms with E-state index in [9.17, 15) is 9.59 Å². The number of furan rings is 1. The molecule has 1 aromatic carbocycles. The minimum atomic E-state index is -0.607. The summed E-state index contributed by atoms with van der Waals surface area (Å²) in [5.41, 5.74) is 0.293. The molecule has 23 heavy (non-hydrogen) atoms. The number of hydrogen-bond donors (Lipinski definition) is 1. The summed E-state index contributed by atoms with van der Waals surface area (Å²) >= 11 is 0. The molecule has 1 aliphatic rings. The minimum absolute atomic E-state index is 0.126. The molecule has 7 nitrogen and oxygen atoms in total. The second kappa shape index (κ2) is 6.43. The van der Waals surface area contributed by atoms with Gasteiger partial charge in [0.25, 0.3) is 5.91 Å². The van der Waals surface area contributed by atoms with Crippen LogP contribution >= 0.6 is 0 Å². The van der Waals surface area contributed by atoms with Crippen molar-refractivity contribution in [2.24, 2.45) is 0 Å². The van der Waals surface area contributed by atoms with Gasteiger partial charge in [0.2, 0.25) is 6.79 Å². The van der Waals surface area contributed by atoms with Crippen molar-refractivity contribution in [1.29, 1.82) is 0 Å². The normalized spacial score (nSPS) is 13.4. The number of carbonyl (C=O) groups excluding carboxylic acids is 2. The summed E-state index contributed by atoms with van der Waals surface area (Å²) < 4.78 is 20.5. The molecular formula is C16H15NO6. The fourth-order valence-electron chi connectivity index (χ4n) is 2.13. The Bertz CT molecular complexity index is 709. The number of rotatable bonds is 5. The van der Waals surface area contributed by atoms with Crippen LogP contribution in [0.25, 0.3) is 0 Å². The van der Waals surface area contributed by atoms with Crippen LogP contribution < -0.4 is 14.8 Å². The number of nitrogens with one attached hydrogen (secondary N) is 1. The van der Waals surface area contributed by atoms with Gasteiger partial charge in [-0.2, -0.15) is 0 Å². The third kappa shape index (κ3) is 3.45. The maximum atomic E-state index is 11.9. The first-order valence-corrected chi connectivity index (χ1v) is 7.03. The average molecular weight is 317 g/mol. The first-order valence-electron chi connectivity index (χ1n) is 7.03. The second-order valence-corrected chi connectivity index (χ2v) is 4.95. The molecule has 1 amide bonds. The highest BCUT2D eigenvalue weighted by molar-refractivity contribution is 5.92. The summed E-state index contributed by atoms with van der Waals surface area (Å²) in [6.45, 7) is 1.52. The topological polar surface area (TPSA) is 87.0 Å². The van der Waals surface area contributed by atoms with Gasteiger partial charge in [-0.1, -0.05) is 0 Å². The van der Waals surface area contributed by atoms with E-state index in [0.29, 0.717) is 22.8 Å². The summed E-state index contributed by atoms with van der Waals surface area (Å²) in [6, 6.07) is 7.88. The summed E-state index contributed by atoms with van der Waals surface area (Å²) in [5.74, 6) is 0.662. The van der Waals surface area contributed by atoms with Crippen LogP contribution in [0.15, 0.2) is 41.0 Å². The SMILES string of the molecule is C[C@H](NC(=O)COC(=O)c1ccc2c(c1)OCO2)c1ccco1. The molecule has 0 aliphatic carbocycles. The van der Waals surface area contributed by atoms with Crippen LogP contribution in [-0.4, -0.2) is 25.3 Å². The molecule has 0 saturated carbocycles. The first kappa shape index (κ1) is 15.0. The number of fused-ring (bicyclic) bond motifs is 1. The van der Waals surface area contributed by atoms with Crippen molar-refractivity contribution < 1.29 is 28.2 Å². The minimum Gasteiger partial charge on any atom is -0.467 e. The number of ether oxygens (including phenoxy) is 3. The molecule has 1 N–H and O–H groups in total. The number of amides is 1. The van der Waals surface area contributed by atoms with E-state index in [4.69, 9.17) is 18.6 Å². The number of hydrogen-bond acceptors (Lipinski definition) is 6. The van der Waals surface area contributed by atoms with Crippen molar-refractivity contribution in [2.45, 2.75) is 13.0 Å². The molecule has 1 aliphatic heterocycles. The largest absolute Gasteiger partial charge is 0.467 e. The Kier molecular flexibility index (Phi) is 4.18. The molecule has 1 aromatic heterocycles. The lowest BCUT2D eigenvalue weighted by atomic mass is 10.2. The first-order chi connectivity index (χ1) is 11.1. The van der Waals surface area contributed by atoms with E-state index < -0.39 is 11.9 Å². The van der Waals surface area contributed by atoms with Gasteiger partial charge in [-0.05, 0) is 37.3 Å². The predicted molar refractivity (Wildman–Crippen MR) is 78.1 cm³/mol. The Hall–Kier alpha value is -2.96. The predicted octanol–water partition coefficient (Wildman–Crippen LogP) is 2.04. The third-order valence-electron chi connectivity index (χ3n) is 3.29. The second-order valence-electron chi connectivity index (χ2n) is 4.95. The maximum Gasteiger partial charge on any atom is 0.338 e. The Labute approximate surface area is 132 Å². The van der Waals surface area contributed by atoms with Gasteiger partial charge < -0.3 is 23.9 Å².